The number of carbonyl (C=O) groups is 1. The lowest BCUT2D eigenvalue weighted by Crippen LogP contribution is -2.51. The van der Waals surface area contributed by atoms with E-state index in [1.807, 2.05) is 0 Å². The van der Waals surface area contributed by atoms with Crippen molar-refractivity contribution in [3.8, 4) is 0 Å². The van der Waals surface area contributed by atoms with E-state index in [-0.39, 0.29) is 17.8 Å². The number of hydrogen-bond acceptors (Lipinski definition) is 2. The van der Waals surface area contributed by atoms with Gasteiger partial charge < -0.3 is 10.2 Å². The highest BCUT2D eigenvalue weighted by Gasteiger charge is 2.27. The lowest BCUT2D eigenvalue weighted by Gasteiger charge is -2.36. The predicted molar refractivity (Wildman–Crippen MR) is 58.6 cm³/mol. The summed E-state index contributed by atoms with van der Waals surface area (Å²) in [5.74, 6) is 0.0156. The van der Waals surface area contributed by atoms with Crippen molar-refractivity contribution in [2.75, 3.05) is 20.0 Å². The van der Waals surface area contributed by atoms with Crippen molar-refractivity contribution in [3.05, 3.63) is 0 Å². The van der Waals surface area contributed by atoms with Gasteiger partial charge in [0.2, 0.25) is 5.91 Å². The SMILES string of the molecule is CN(C)[C@H]1CCCC[C@H]1NC(=O)CCl. The first-order valence-corrected chi connectivity index (χ1v) is 5.70. The maximum atomic E-state index is 11.2. The molecule has 1 fully saturated rings. The summed E-state index contributed by atoms with van der Waals surface area (Å²) in [5, 5.41) is 2.99. The molecule has 0 radical (unpaired) electrons. The van der Waals surface area contributed by atoms with Gasteiger partial charge in [-0.2, -0.15) is 0 Å². The van der Waals surface area contributed by atoms with Crippen LogP contribution in [0.25, 0.3) is 0 Å². The first-order chi connectivity index (χ1) is 6.65. The van der Waals surface area contributed by atoms with Gasteiger partial charge in [-0.3, -0.25) is 4.79 Å². The van der Waals surface area contributed by atoms with E-state index in [2.05, 4.69) is 24.3 Å². The lowest BCUT2D eigenvalue weighted by molar-refractivity contribution is -0.120. The van der Waals surface area contributed by atoms with Crippen LogP contribution >= 0.6 is 11.6 Å². The minimum absolute atomic E-state index is 0.0505. The molecule has 1 amide bonds. The molecule has 0 aliphatic heterocycles. The normalized spacial score (nSPS) is 27.7. The molecule has 0 bridgehead atoms. The second-order valence-corrected chi connectivity index (χ2v) is 4.39. The van der Waals surface area contributed by atoms with Gasteiger partial charge in [-0.15, -0.1) is 11.6 Å². The largest absolute Gasteiger partial charge is 0.351 e. The molecule has 4 heteroatoms. The Balaban J connectivity index is 2.49. The zero-order valence-corrected chi connectivity index (χ0v) is 9.68. The number of carbonyl (C=O) groups excluding carboxylic acids is 1. The first kappa shape index (κ1) is 11.8. The maximum absolute atomic E-state index is 11.2. The number of alkyl halides is 1. The summed E-state index contributed by atoms with van der Waals surface area (Å²) in [4.78, 5) is 13.4. The number of amides is 1. The maximum Gasteiger partial charge on any atom is 0.235 e. The zero-order valence-electron chi connectivity index (χ0n) is 8.92. The summed E-state index contributed by atoms with van der Waals surface area (Å²) in [7, 11) is 4.13. The van der Waals surface area contributed by atoms with Gasteiger partial charge in [-0.25, -0.2) is 0 Å². The molecular formula is C10H19ClN2O. The summed E-state index contributed by atoms with van der Waals surface area (Å²) < 4.78 is 0. The van der Waals surface area contributed by atoms with Crippen LogP contribution in [0.5, 0.6) is 0 Å². The fourth-order valence-electron chi connectivity index (χ4n) is 2.14. The Morgan fingerprint density at radius 2 is 2.07 bits per heavy atom. The fraction of sp³-hybridized carbons (Fsp3) is 0.900. The molecule has 3 nitrogen and oxygen atoms in total. The molecule has 0 saturated heterocycles. The number of nitrogens with one attached hydrogen (secondary N) is 1. The number of rotatable bonds is 3. The van der Waals surface area contributed by atoms with Crippen LogP contribution in [0.1, 0.15) is 25.7 Å². The minimum Gasteiger partial charge on any atom is -0.351 e. The average molecular weight is 219 g/mol. The number of nitrogens with zero attached hydrogens (tertiary/aromatic N) is 1. The van der Waals surface area contributed by atoms with Gasteiger partial charge in [0.15, 0.2) is 0 Å². The zero-order chi connectivity index (χ0) is 10.6. The van der Waals surface area contributed by atoms with Crippen molar-refractivity contribution in [2.24, 2.45) is 0 Å². The van der Waals surface area contributed by atoms with Crippen molar-refractivity contribution in [1.29, 1.82) is 0 Å². The topological polar surface area (TPSA) is 32.3 Å². The minimum atomic E-state index is -0.0505. The van der Waals surface area contributed by atoms with Crippen LogP contribution in [0.15, 0.2) is 0 Å². The Morgan fingerprint density at radius 1 is 1.43 bits per heavy atom. The number of likely N-dealkylation sites (N-methyl/N-ethyl adjacent to an activating group) is 1. The molecule has 14 heavy (non-hydrogen) atoms. The van der Waals surface area contributed by atoms with Crippen LogP contribution < -0.4 is 5.32 Å². The Hall–Kier alpha value is -0.280. The van der Waals surface area contributed by atoms with Crippen LogP contribution in [0.4, 0.5) is 0 Å². The third kappa shape index (κ3) is 3.14. The molecule has 1 rings (SSSR count). The van der Waals surface area contributed by atoms with Gasteiger partial charge >= 0.3 is 0 Å². The van der Waals surface area contributed by atoms with Crippen LogP contribution in [0.3, 0.4) is 0 Å². The van der Waals surface area contributed by atoms with E-state index in [0.29, 0.717) is 6.04 Å². The van der Waals surface area contributed by atoms with Gasteiger partial charge in [-0.05, 0) is 26.9 Å². The van der Waals surface area contributed by atoms with E-state index >= 15 is 0 Å². The van der Waals surface area contributed by atoms with E-state index in [9.17, 15) is 4.79 Å². The Morgan fingerprint density at radius 3 is 2.64 bits per heavy atom. The monoisotopic (exact) mass is 218 g/mol. The summed E-state index contributed by atoms with van der Waals surface area (Å²) in [6.45, 7) is 0. The molecule has 0 heterocycles. The highest BCUT2D eigenvalue weighted by atomic mass is 35.5. The standard InChI is InChI=1S/C10H19ClN2O/c1-13(2)9-6-4-3-5-8(9)12-10(14)7-11/h8-9H,3-7H2,1-2H3,(H,12,14)/t8-,9+/m1/s1. The predicted octanol–water partition coefficient (Wildman–Crippen LogP) is 1.21. The Kier molecular flexibility index (Phi) is 4.69. The van der Waals surface area contributed by atoms with Crippen LogP contribution in [-0.2, 0) is 4.79 Å². The molecular weight excluding hydrogens is 200 g/mol. The van der Waals surface area contributed by atoms with Gasteiger partial charge in [0.1, 0.15) is 5.88 Å². The molecule has 1 N–H and O–H groups in total. The molecule has 1 saturated carbocycles. The van der Waals surface area contributed by atoms with Crippen molar-refractivity contribution in [3.63, 3.8) is 0 Å². The summed E-state index contributed by atoms with van der Waals surface area (Å²) in [6.07, 6.45) is 4.71. The Bertz CT molecular complexity index is 197. The second-order valence-electron chi connectivity index (χ2n) is 4.12. The van der Waals surface area contributed by atoms with Crippen molar-refractivity contribution in [2.45, 2.75) is 37.8 Å². The Labute approximate surface area is 90.8 Å². The molecule has 1 aliphatic carbocycles. The van der Waals surface area contributed by atoms with E-state index < -0.39 is 0 Å². The van der Waals surface area contributed by atoms with Gasteiger partial charge in [0.05, 0.1) is 0 Å². The van der Waals surface area contributed by atoms with Gasteiger partial charge in [0, 0.05) is 12.1 Å². The molecule has 0 unspecified atom stereocenters. The van der Waals surface area contributed by atoms with Gasteiger partial charge in [-0.1, -0.05) is 12.8 Å². The fourth-order valence-corrected chi connectivity index (χ4v) is 2.22. The summed E-state index contributed by atoms with van der Waals surface area (Å²) in [6, 6.07) is 0.751. The van der Waals surface area contributed by atoms with Crippen LogP contribution in [0, 0.1) is 0 Å². The molecule has 0 aromatic carbocycles. The number of hydrogen-bond donors (Lipinski definition) is 1. The van der Waals surface area contributed by atoms with E-state index in [0.717, 1.165) is 6.42 Å². The molecule has 82 valence electrons. The first-order valence-electron chi connectivity index (χ1n) is 5.17. The third-order valence-corrected chi connectivity index (χ3v) is 3.10. The average Bonchev–Trinajstić information content (AvgIpc) is 2.18. The van der Waals surface area contributed by atoms with Gasteiger partial charge in [0.25, 0.3) is 0 Å². The van der Waals surface area contributed by atoms with Crippen LogP contribution in [0.2, 0.25) is 0 Å². The van der Waals surface area contributed by atoms with Crippen molar-refractivity contribution in [1.82, 2.24) is 10.2 Å². The molecule has 0 aromatic heterocycles. The number of halogens is 1. The van der Waals surface area contributed by atoms with E-state index in [1.54, 1.807) is 0 Å². The quantitative estimate of drug-likeness (QED) is 0.723. The molecule has 2 atom stereocenters. The molecule has 0 spiro atoms. The smallest absolute Gasteiger partial charge is 0.235 e. The van der Waals surface area contributed by atoms with Crippen LogP contribution in [-0.4, -0.2) is 42.9 Å². The highest BCUT2D eigenvalue weighted by Crippen LogP contribution is 2.21. The summed E-state index contributed by atoms with van der Waals surface area (Å²) >= 11 is 5.47. The van der Waals surface area contributed by atoms with E-state index in [4.69, 9.17) is 11.6 Å². The molecule has 1 aliphatic rings. The lowest BCUT2D eigenvalue weighted by atomic mass is 9.89. The highest BCUT2D eigenvalue weighted by molar-refractivity contribution is 6.27. The molecule has 0 aromatic rings. The second kappa shape index (κ2) is 5.56. The van der Waals surface area contributed by atoms with Crippen molar-refractivity contribution < 1.29 is 4.79 Å². The summed E-state index contributed by atoms with van der Waals surface area (Å²) in [5.41, 5.74) is 0. The van der Waals surface area contributed by atoms with E-state index in [1.165, 1.54) is 19.3 Å². The third-order valence-electron chi connectivity index (χ3n) is 2.86. The van der Waals surface area contributed by atoms with Crippen molar-refractivity contribution >= 4 is 17.5 Å².